The molecular formula is C23H21F2N5O4. The Bertz CT molecular complexity index is 1340. The number of carbonyl (C=O) groups excluding carboxylic acids is 2. The molecule has 11 heteroatoms. The minimum Gasteiger partial charge on any atom is -0.496 e. The molecule has 34 heavy (non-hydrogen) atoms. The second-order valence-electron chi connectivity index (χ2n) is 8.07. The first-order valence-corrected chi connectivity index (χ1v) is 10.1. The molecule has 2 aromatic carbocycles. The molecule has 2 heterocycles. The van der Waals surface area contributed by atoms with Crippen molar-refractivity contribution in [2.45, 2.75) is 19.4 Å². The van der Waals surface area contributed by atoms with Crippen molar-refractivity contribution in [1.82, 2.24) is 9.78 Å². The number of nitrogens with one attached hydrogen (secondary N) is 1. The summed E-state index contributed by atoms with van der Waals surface area (Å²) in [6.07, 6.45) is 0. The van der Waals surface area contributed by atoms with Crippen LogP contribution in [0.4, 0.5) is 20.2 Å². The number of aryl methyl sites for hydroxylation is 1. The van der Waals surface area contributed by atoms with E-state index < -0.39 is 28.8 Å². The summed E-state index contributed by atoms with van der Waals surface area (Å²) in [4.78, 5) is 30.6. The molecule has 1 aliphatic heterocycles. The van der Waals surface area contributed by atoms with Crippen molar-refractivity contribution in [2.24, 2.45) is 12.2 Å². The lowest BCUT2D eigenvalue weighted by Gasteiger charge is -2.13. The molecule has 1 amide bonds. The van der Waals surface area contributed by atoms with Crippen LogP contribution < -0.4 is 15.8 Å². The first-order chi connectivity index (χ1) is 16.0. The van der Waals surface area contributed by atoms with E-state index in [1.165, 1.54) is 17.9 Å². The Morgan fingerprint density at radius 3 is 2.47 bits per heavy atom. The van der Waals surface area contributed by atoms with Gasteiger partial charge >= 0.3 is 0 Å². The summed E-state index contributed by atoms with van der Waals surface area (Å²) in [5.74, 6) is -2.69. The molecule has 0 radical (unpaired) electrons. The van der Waals surface area contributed by atoms with Gasteiger partial charge in [0.1, 0.15) is 23.1 Å². The number of nitrogens with two attached hydrogens (primary N) is 1. The van der Waals surface area contributed by atoms with Crippen LogP contribution in [0.2, 0.25) is 0 Å². The number of carbonyl (C=O) groups is 2. The molecule has 1 aliphatic rings. The molecule has 3 N–H and O–H groups in total. The third-order valence-electron chi connectivity index (χ3n) is 5.36. The van der Waals surface area contributed by atoms with Gasteiger partial charge in [0.25, 0.3) is 5.91 Å². The smallest absolute Gasteiger partial charge is 0.278 e. The number of hydrogen-bond donors (Lipinski definition) is 2. The Kier molecular flexibility index (Phi) is 5.56. The summed E-state index contributed by atoms with van der Waals surface area (Å²) < 4.78 is 34.7. The Morgan fingerprint density at radius 2 is 1.88 bits per heavy atom. The van der Waals surface area contributed by atoms with E-state index in [1.54, 1.807) is 39.1 Å². The zero-order chi connectivity index (χ0) is 24.8. The SMILES string of the molecule is COc1ccc(C2=NOC(C)(C)C2=O)cc1-c1c(N)c(C(=O)Nc2c(F)cccc2F)nn1C. The summed E-state index contributed by atoms with van der Waals surface area (Å²) in [5, 5.41) is 10.2. The third kappa shape index (κ3) is 3.74. The van der Waals surface area contributed by atoms with E-state index in [4.69, 9.17) is 15.3 Å². The highest BCUT2D eigenvalue weighted by Crippen LogP contribution is 2.37. The van der Waals surface area contributed by atoms with Gasteiger partial charge in [0.05, 0.1) is 18.5 Å². The molecule has 0 fully saturated rings. The predicted molar refractivity (Wildman–Crippen MR) is 121 cm³/mol. The molecule has 0 saturated carbocycles. The fourth-order valence-corrected chi connectivity index (χ4v) is 3.57. The van der Waals surface area contributed by atoms with E-state index in [0.29, 0.717) is 22.6 Å². The number of hydrogen-bond acceptors (Lipinski definition) is 7. The number of benzene rings is 2. The second-order valence-corrected chi connectivity index (χ2v) is 8.07. The molecule has 176 valence electrons. The average Bonchev–Trinajstić information content (AvgIpc) is 3.24. The highest BCUT2D eigenvalue weighted by atomic mass is 19.1. The van der Waals surface area contributed by atoms with Gasteiger partial charge in [0, 0.05) is 18.2 Å². The molecule has 4 rings (SSSR count). The van der Waals surface area contributed by atoms with E-state index in [2.05, 4.69) is 15.6 Å². The van der Waals surface area contributed by atoms with Crippen LogP contribution >= 0.6 is 0 Å². The fourth-order valence-electron chi connectivity index (χ4n) is 3.57. The molecule has 0 atom stereocenters. The molecule has 1 aromatic heterocycles. The molecule has 0 bridgehead atoms. The van der Waals surface area contributed by atoms with Gasteiger partial charge in [-0.25, -0.2) is 8.78 Å². The summed E-state index contributed by atoms with van der Waals surface area (Å²) in [5.41, 5.74) is 5.55. The molecule has 0 spiro atoms. The highest BCUT2D eigenvalue weighted by Gasteiger charge is 2.40. The van der Waals surface area contributed by atoms with Crippen LogP contribution in [0.3, 0.4) is 0 Å². The number of anilines is 2. The van der Waals surface area contributed by atoms with Crippen LogP contribution in [-0.4, -0.2) is 39.9 Å². The normalized spacial score (nSPS) is 14.5. The number of para-hydroxylation sites is 1. The number of ketones is 1. The van der Waals surface area contributed by atoms with Crippen molar-refractivity contribution in [3.8, 4) is 17.0 Å². The summed E-state index contributed by atoms with van der Waals surface area (Å²) in [6.45, 7) is 3.22. The van der Waals surface area contributed by atoms with E-state index in [-0.39, 0.29) is 22.9 Å². The molecule has 0 aliphatic carbocycles. The van der Waals surface area contributed by atoms with Crippen LogP contribution in [0, 0.1) is 11.6 Å². The monoisotopic (exact) mass is 469 g/mol. The van der Waals surface area contributed by atoms with Crippen LogP contribution in [0.5, 0.6) is 5.75 Å². The number of Topliss-reactive ketones (excluding diaryl/α,β-unsaturated/α-hetero) is 1. The first kappa shape index (κ1) is 22.9. The van der Waals surface area contributed by atoms with Gasteiger partial charge in [-0.15, -0.1) is 0 Å². The molecule has 9 nitrogen and oxygen atoms in total. The number of methoxy groups -OCH3 is 1. The number of nitrogen functional groups attached to an aromatic ring is 1. The van der Waals surface area contributed by atoms with Crippen LogP contribution in [-0.2, 0) is 16.7 Å². The maximum absolute atomic E-state index is 14.0. The zero-order valence-corrected chi connectivity index (χ0v) is 18.8. The van der Waals surface area contributed by atoms with Crippen LogP contribution in [0.1, 0.15) is 29.9 Å². The van der Waals surface area contributed by atoms with Crippen molar-refractivity contribution < 1.29 is 27.9 Å². The molecule has 0 unspecified atom stereocenters. The van der Waals surface area contributed by atoms with Gasteiger partial charge in [-0.05, 0) is 44.2 Å². The Hall–Kier alpha value is -4.28. The number of aromatic nitrogens is 2. The standard InChI is InChI=1S/C23H21F2N5O4/c1-23(2)21(31)17(29-34-23)11-8-9-15(33-4)12(10-11)20-16(26)19(28-30(20)3)22(32)27-18-13(24)6-5-7-14(18)25/h5-10H,26H2,1-4H3,(H,27,32). The lowest BCUT2D eigenvalue weighted by Crippen LogP contribution is -2.33. The van der Waals surface area contributed by atoms with Crippen LogP contribution in [0.25, 0.3) is 11.3 Å². The van der Waals surface area contributed by atoms with E-state index in [9.17, 15) is 18.4 Å². The minimum absolute atomic E-state index is 0.0523. The van der Waals surface area contributed by atoms with E-state index >= 15 is 0 Å². The summed E-state index contributed by atoms with van der Waals surface area (Å²) in [7, 11) is 2.99. The Balaban J connectivity index is 1.76. The molecule has 0 saturated heterocycles. The third-order valence-corrected chi connectivity index (χ3v) is 5.36. The van der Waals surface area contributed by atoms with Crippen molar-refractivity contribution in [3.05, 3.63) is 59.3 Å². The Labute approximate surface area is 193 Å². The largest absolute Gasteiger partial charge is 0.496 e. The highest BCUT2D eigenvalue weighted by molar-refractivity contribution is 6.49. The Morgan fingerprint density at radius 1 is 1.21 bits per heavy atom. The molecule has 3 aromatic rings. The van der Waals surface area contributed by atoms with Crippen molar-refractivity contribution in [3.63, 3.8) is 0 Å². The first-order valence-electron chi connectivity index (χ1n) is 10.1. The molecular weight excluding hydrogens is 448 g/mol. The summed E-state index contributed by atoms with van der Waals surface area (Å²) >= 11 is 0. The van der Waals surface area contributed by atoms with Gasteiger partial charge < -0.3 is 20.6 Å². The van der Waals surface area contributed by atoms with Crippen molar-refractivity contribution in [1.29, 1.82) is 0 Å². The van der Waals surface area contributed by atoms with Crippen molar-refractivity contribution >= 4 is 28.8 Å². The average molecular weight is 469 g/mol. The number of halogens is 2. The van der Waals surface area contributed by atoms with Crippen molar-refractivity contribution in [2.75, 3.05) is 18.2 Å². The van der Waals surface area contributed by atoms with E-state index in [1.807, 2.05) is 0 Å². The maximum atomic E-state index is 14.0. The van der Waals surface area contributed by atoms with Crippen LogP contribution in [0.15, 0.2) is 41.6 Å². The zero-order valence-electron chi connectivity index (χ0n) is 18.8. The number of nitrogens with zero attached hydrogens (tertiary/aromatic N) is 3. The number of rotatable bonds is 5. The van der Waals surface area contributed by atoms with E-state index in [0.717, 1.165) is 12.1 Å². The quantitative estimate of drug-likeness (QED) is 0.592. The lowest BCUT2D eigenvalue weighted by molar-refractivity contribution is -0.128. The topological polar surface area (TPSA) is 121 Å². The summed E-state index contributed by atoms with van der Waals surface area (Å²) in [6, 6.07) is 8.09. The number of oxime groups is 1. The van der Waals surface area contributed by atoms with Gasteiger partial charge in [-0.2, -0.15) is 5.10 Å². The van der Waals surface area contributed by atoms with Gasteiger partial charge in [-0.3, -0.25) is 14.3 Å². The lowest BCUT2D eigenvalue weighted by atomic mass is 9.94. The second kappa shape index (κ2) is 8.25. The van der Waals surface area contributed by atoms with Gasteiger partial charge in [0.2, 0.25) is 5.78 Å². The van der Waals surface area contributed by atoms with Gasteiger partial charge in [-0.1, -0.05) is 11.2 Å². The predicted octanol–water partition coefficient (Wildman–Crippen LogP) is 3.29. The van der Waals surface area contributed by atoms with Gasteiger partial charge in [0.15, 0.2) is 17.0 Å². The number of ether oxygens (including phenoxy) is 1. The maximum Gasteiger partial charge on any atom is 0.278 e. The minimum atomic E-state index is -1.09. The number of amides is 1. The fraction of sp³-hybridized carbons (Fsp3) is 0.217.